The summed E-state index contributed by atoms with van der Waals surface area (Å²) < 4.78 is 5.31. The maximum absolute atomic E-state index is 12.1. The van der Waals surface area contributed by atoms with Gasteiger partial charge in [-0.3, -0.25) is 9.69 Å². The van der Waals surface area contributed by atoms with Gasteiger partial charge >= 0.3 is 0 Å². The lowest BCUT2D eigenvalue weighted by Gasteiger charge is -2.33. The molecule has 0 aromatic carbocycles. The van der Waals surface area contributed by atoms with E-state index in [-0.39, 0.29) is 17.9 Å². The van der Waals surface area contributed by atoms with E-state index in [0.29, 0.717) is 12.6 Å². The van der Waals surface area contributed by atoms with Crippen molar-refractivity contribution in [1.82, 2.24) is 10.2 Å². The standard InChI is InChI=1S/C15H29N3O2/c1-12-4-2-3-8-18(12)9-7-17-15(19)14(16)13-5-10-20-11-6-13/h12-14H,2-11,16H2,1H3,(H,17,19). The number of amides is 1. The summed E-state index contributed by atoms with van der Waals surface area (Å²) in [6.07, 6.45) is 5.68. The van der Waals surface area contributed by atoms with Crippen LogP contribution < -0.4 is 11.1 Å². The third kappa shape index (κ3) is 4.43. The van der Waals surface area contributed by atoms with Crippen LogP contribution in [0.2, 0.25) is 0 Å². The molecule has 0 spiro atoms. The van der Waals surface area contributed by atoms with E-state index >= 15 is 0 Å². The van der Waals surface area contributed by atoms with Crippen molar-refractivity contribution >= 4 is 5.91 Å². The molecule has 5 nitrogen and oxygen atoms in total. The Balaban J connectivity index is 1.66. The molecule has 2 unspecified atom stereocenters. The third-order valence-electron chi connectivity index (χ3n) is 4.72. The Kier molecular flexibility index (Phi) is 6.26. The molecule has 2 rings (SSSR count). The van der Waals surface area contributed by atoms with Gasteiger partial charge in [0.15, 0.2) is 0 Å². The second-order valence-electron chi connectivity index (χ2n) is 6.15. The number of piperidine rings is 1. The lowest BCUT2D eigenvalue weighted by atomic mass is 9.92. The minimum absolute atomic E-state index is 0.00145. The van der Waals surface area contributed by atoms with Crippen LogP contribution in [-0.4, -0.2) is 55.7 Å². The van der Waals surface area contributed by atoms with E-state index in [9.17, 15) is 4.79 Å². The summed E-state index contributed by atoms with van der Waals surface area (Å²) in [5.74, 6) is 0.277. The Hall–Kier alpha value is -0.650. The fraction of sp³-hybridized carbons (Fsp3) is 0.933. The van der Waals surface area contributed by atoms with Crippen LogP contribution in [0.1, 0.15) is 39.0 Å². The molecule has 0 radical (unpaired) electrons. The van der Waals surface area contributed by atoms with E-state index in [1.807, 2.05) is 0 Å². The molecule has 2 aliphatic rings. The van der Waals surface area contributed by atoms with Crippen molar-refractivity contribution in [3.8, 4) is 0 Å². The normalized spacial score (nSPS) is 27.2. The van der Waals surface area contributed by atoms with Crippen LogP contribution >= 0.6 is 0 Å². The highest BCUT2D eigenvalue weighted by atomic mass is 16.5. The maximum Gasteiger partial charge on any atom is 0.237 e. The fourth-order valence-electron chi connectivity index (χ4n) is 3.22. The smallest absolute Gasteiger partial charge is 0.237 e. The average molecular weight is 283 g/mol. The lowest BCUT2D eigenvalue weighted by molar-refractivity contribution is -0.124. The molecule has 3 N–H and O–H groups in total. The lowest BCUT2D eigenvalue weighted by Crippen LogP contribution is -2.49. The number of likely N-dealkylation sites (tertiary alicyclic amines) is 1. The van der Waals surface area contributed by atoms with Gasteiger partial charge in [-0.2, -0.15) is 0 Å². The predicted octanol–water partition coefficient (Wildman–Crippen LogP) is 0.731. The molecule has 1 amide bonds. The number of rotatable bonds is 5. The average Bonchev–Trinajstić information content (AvgIpc) is 2.49. The molecule has 0 aliphatic carbocycles. The molecule has 2 fully saturated rings. The van der Waals surface area contributed by atoms with Gasteiger partial charge in [0, 0.05) is 32.3 Å². The van der Waals surface area contributed by atoms with Crippen molar-refractivity contribution in [3.63, 3.8) is 0 Å². The van der Waals surface area contributed by atoms with Gasteiger partial charge in [-0.25, -0.2) is 0 Å². The monoisotopic (exact) mass is 283 g/mol. The first kappa shape index (κ1) is 15.7. The molecule has 0 aromatic heterocycles. The minimum Gasteiger partial charge on any atom is -0.381 e. The van der Waals surface area contributed by atoms with Gasteiger partial charge in [-0.15, -0.1) is 0 Å². The van der Waals surface area contributed by atoms with E-state index in [1.165, 1.54) is 19.3 Å². The van der Waals surface area contributed by atoms with Crippen molar-refractivity contribution in [1.29, 1.82) is 0 Å². The first-order valence-corrected chi connectivity index (χ1v) is 8.03. The highest BCUT2D eigenvalue weighted by Gasteiger charge is 2.26. The van der Waals surface area contributed by atoms with Crippen LogP contribution in [0.15, 0.2) is 0 Å². The molecule has 0 saturated carbocycles. The highest BCUT2D eigenvalue weighted by molar-refractivity contribution is 5.81. The van der Waals surface area contributed by atoms with Crippen molar-refractivity contribution in [2.75, 3.05) is 32.8 Å². The van der Waals surface area contributed by atoms with Gasteiger partial charge in [0.25, 0.3) is 0 Å². The Morgan fingerprint density at radius 3 is 2.80 bits per heavy atom. The second kappa shape index (κ2) is 7.96. The molecule has 116 valence electrons. The second-order valence-corrected chi connectivity index (χ2v) is 6.15. The molecule has 0 aromatic rings. The van der Waals surface area contributed by atoms with E-state index < -0.39 is 0 Å². The van der Waals surface area contributed by atoms with Crippen LogP contribution in [0.25, 0.3) is 0 Å². The molecule has 2 heterocycles. The zero-order chi connectivity index (χ0) is 14.4. The van der Waals surface area contributed by atoms with Gasteiger partial charge < -0.3 is 15.8 Å². The molecule has 0 bridgehead atoms. The molecule has 5 heteroatoms. The first-order chi connectivity index (χ1) is 9.68. The molecular formula is C15H29N3O2. The zero-order valence-electron chi connectivity index (χ0n) is 12.6. The van der Waals surface area contributed by atoms with E-state index in [2.05, 4.69) is 17.1 Å². The number of ether oxygens (including phenoxy) is 1. The SMILES string of the molecule is CC1CCCCN1CCNC(=O)C(N)C1CCOCC1. The summed E-state index contributed by atoms with van der Waals surface area (Å²) in [5, 5.41) is 3.00. The predicted molar refractivity (Wildman–Crippen MR) is 79.4 cm³/mol. The molecule has 2 saturated heterocycles. The van der Waals surface area contributed by atoms with E-state index in [1.54, 1.807) is 0 Å². The van der Waals surface area contributed by atoms with Gasteiger partial charge in [0.1, 0.15) is 0 Å². The van der Waals surface area contributed by atoms with Crippen molar-refractivity contribution in [2.45, 2.75) is 51.1 Å². The largest absolute Gasteiger partial charge is 0.381 e. The van der Waals surface area contributed by atoms with Crippen LogP contribution in [0.5, 0.6) is 0 Å². The minimum atomic E-state index is -0.377. The quantitative estimate of drug-likeness (QED) is 0.780. The van der Waals surface area contributed by atoms with Crippen molar-refractivity contribution < 1.29 is 9.53 Å². The first-order valence-electron chi connectivity index (χ1n) is 8.03. The van der Waals surface area contributed by atoms with Crippen molar-refractivity contribution in [2.24, 2.45) is 11.7 Å². The third-order valence-corrected chi connectivity index (χ3v) is 4.72. The molecule has 2 aliphatic heterocycles. The Bertz CT molecular complexity index is 305. The van der Waals surface area contributed by atoms with E-state index in [4.69, 9.17) is 10.5 Å². The number of hydrogen-bond acceptors (Lipinski definition) is 4. The highest BCUT2D eigenvalue weighted by Crippen LogP contribution is 2.18. The zero-order valence-corrected chi connectivity index (χ0v) is 12.6. The van der Waals surface area contributed by atoms with Crippen LogP contribution in [0.3, 0.4) is 0 Å². The summed E-state index contributed by atoms with van der Waals surface area (Å²) in [6, 6.07) is 0.266. The van der Waals surface area contributed by atoms with Gasteiger partial charge in [0.2, 0.25) is 5.91 Å². The summed E-state index contributed by atoms with van der Waals surface area (Å²) in [5.41, 5.74) is 6.06. The number of nitrogens with one attached hydrogen (secondary N) is 1. The van der Waals surface area contributed by atoms with Gasteiger partial charge in [-0.1, -0.05) is 6.42 Å². The summed E-state index contributed by atoms with van der Waals surface area (Å²) >= 11 is 0. The van der Waals surface area contributed by atoms with Crippen LogP contribution in [0.4, 0.5) is 0 Å². The molecule has 20 heavy (non-hydrogen) atoms. The van der Waals surface area contributed by atoms with Gasteiger partial charge in [0.05, 0.1) is 6.04 Å². The Labute approximate surface area is 122 Å². The number of nitrogens with zero attached hydrogens (tertiary/aromatic N) is 1. The Morgan fingerprint density at radius 1 is 1.35 bits per heavy atom. The summed E-state index contributed by atoms with van der Waals surface area (Å²) in [4.78, 5) is 14.5. The number of nitrogens with two attached hydrogens (primary N) is 1. The van der Waals surface area contributed by atoms with Gasteiger partial charge in [-0.05, 0) is 45.1 Å². The maximum atomic E-state index is 12.1. The topological polar surface area (TPSA) is 67.6 Å². The fourth-order valence-corrected chi connectivity index (χ4v) is 3.22. The van der Waals surface area contributed by atoms with Crippen molar-refractivity contribution in [3.05, 3.63) is 0 Å². The summed E-state index contributed by atoms with van der Waals surface area (Å²) in [7, 11) is 0. The van der Waals surface area contributed by atoms with Crippen LogP contribution in [-0.2, 0) is 9.53 Å². The molecular weight excluding hydrogens is 254 g/mol. The number of carbonyl (C=O) groups excluding carboxylic acids is 1. The van der Waals surface area contributed by atoms with E-state index in [0.717, 1.165) is 39.1 Å². The number of carbonyl (C=O) groups is 1. The van der Waals surface area contributed by atoms with Crippen LogP contribution in [0, 0.1) is 5.92 Å². The number of hydrogen-bond donors (Lipinski definition) is 2. The molecule has 2 atom stereocenters. The summed E-state index contributed by atoms with van der Waals surface area (Å²) in [6.45, 7) is 6.54. The Morgan fingerprint density at radius 2 is 2.10 bits per heavy atom.